The van der Waals surface area contributed by atoms with Crippen LogP contribution in [-0.4, -0.2) is 30.3 Å². The molecule has 1 aromatic heterocycles. The van der Waals surface area contributed by atoms with Crippen LogP contribution in [0, 0.1) is 18.8 Å². The number of hydrogen-bond donors (Lipinski definition) is 0. The van der Waals surface area contributed by atoms with Crippen LogP contribution in [0.5, 0.6) is 0 Å². The summed E-state index contributed by atoms with van der Waals surface area (Å²) in [7, 11) is 1.59. The molecule has 0 aliphatic heterocycles. The third kappa shape index (κ3) is 6.11. The highest BCUT2D eigenvalue weighted by Gasteiger charge is 2.42. The molecule has 0 aromatic carbocycles. The standard InChI is InChI=1S/C23H37NO3/c1-6-18(3)23(19(4)25,27-16-26-5)14-22-13-21(17(2)15-24-22)10-8-7-9-20-11-12-20/h13,15,18,20H,6-12,14,16H2,1-5H3. The molecule has 0 spiro atoms. The first-order valence-corrected chi connectivity index (χ1v) is 10.5. The van der Waals surface area contributed by atoms with Gasteiger partial charge in [0.1, 0.15) is 12.4 Å². The Hall–Kier alpha value is -1.26. The van der Waals surface area contributed by atoms with Gasteiger partial charge in [-0.05, 0) is 55.7 Å². The highest BCUT2D eigenvalue weighted by atomic mass is 16.7. The zero-order chi connectivity index (χ0) is 19.9. The maximum Gasteiger partial charge on any atom is 0.162 e. The van der Waals surface area contributed by atoms with Crippen LogP contribution in [0.2, 0.25) is 0 Å². The van der Waals surface area contributed by atoms with E-state index in [9.17, 15) is 4.79 Å². The molecular formula is C23H37NO3. The number of ether oxygens (including phenoxy) is 2. The average molecular weight is 376 g/mol. The lowest BCUT2D eigenvalue weighted by molar-refractivity contribution is -0.173. The molecule has 0 amide bonds. The number of ketones is 1. The van der Waals surface area contributed by atoms with E-state index in [-0.39, 0.29) is 18.5 Å². The average Bonchev–Trinajstić information content (AvgIpc) is 3.48. The van der Waals surface area contributed by atoms with E-state index in [1.165, 1.54) is 43.2 Å². The first-order valence-electron chi connectivity index (χ1n) is 10.5. The smallest absolute Gasteiger partial charge is 0.162 e. The Morgan fingerprint density at radius 3 is 2.70 bits per heavy atom. The lowest BCUT2D eigenvalue weighted by Gasteiger charge is -2.36. The van der Waals surface area contributed by atoms with Gasteiger partial charge in [-0.2, -0.15) is 0 Å². The second kappa shape index (κ2) is 10.3. The third-order valence-electron chi connectivity index (χ3n) is 6.16. The molecule has 1 aromatic rings. The summed E-state index contributed by atoms with van der Waals surface area (Å²) in [6.45, 7) is 8.02. The Balaban J connectivity index is 2.12. The largest absolute Gasteiger partial charge is 0.359 e. The molecule has 1 heterocycles. The van der Waals surface area contributed by atoms with Crippen molar-refractivity contribution in [2.75, 3.05) is 13.9 Å². The van der Waals surface area contributed by atoms with Crippen molar-refractivity contribution in [1.29, 1.82) is 0 Å². The van der Waals surface area contributed by atoms with Gasteiger partial charge in [0, 0.05) is 25.4 Å². The summed E-state index contributed by atoms with van der Waals surface area (Å²) >= 11 is 0. The molecule has 2 rings (SSSR count). The third-order valence-corrected chi connectivity index (χ3v) is 6.16. The van der Waals surface area contributed by atoms with E-state index in [2.05, 4.69) is 31.8 Å². The molecule has 0 bridgehead atoms. The predicted molar refractivity (Wildman–Crippen MR) is 109 cm³/mol. The molecule has 0 saturated heterocycles. The van der Waals surface area contributed by atoms with Crippen LogP contribution in [0.4, 0.5) is 0 Å². The number of pyridine rings is 1. The van der Waals surface area contributed by atoms with Gasteiger partial charge in [0.15, 0.2) is 5.78 Å². The van der Waals surface area contributed by atoms with Gasteiger partial charge >= 0.3 is 0 Å². The van der Waals surface area contributed by atoms with Gasteiger partial charge in [-0.1, -0.05) is 46.0 Å². The molecule has 1 aliphatic rings. The van der Waals surface area contributed by atoms with Crippen molar-refractivity contribution in [1.82, 2.24) is 4.98 Å². The number of nitrogens with zero attached hydrogens (tertiary/aromatic N) is 1. The van der Waals surface area contributed by atoms with Crippen LogP contribution < -0.4 is 0 Å². The summed E-state index contributed by atoms with van der Waals surface area (Å²) in [6, 6.07) is 2.18. The van der Waals surface area contributed by atoms with Crippen LogP contribution >= 0.6 is 0 Å². The predicted octanol–water partition coefficient (Wildman–Crippen LogP) is 5.05. The number of carbonyl (C=O) groups excluding carboxylic acids is 1. The van der Waals surface area contributed by atoms with Crippen molar-refractivity contribution in [3.63, 3.8) is 0 Å². The van der Waals surface area contributed by atoms with Gasteiger partial charge in [0.2, 0.25) is 0 Å². The minimum atomic E-state index is -0.879. The van der Waals surface area contributed by atoms with Crippen molar-refractivity contribution < 1.29 is 14.3 Å². The lowest BCUT2D eigenvalue weighted by Crippen LogP contribution is -2.48. The number of hydrogen-bond acceptors (Lipinski definition) is 4. The fraction of sp³-hybridized carbons (Fsp3) is 0.739. The molecule has 1 fully saturated rings. The Labute approximate surface area is 165 Å². The van der Waals surface area contributed by atoms with E-state index in [0.717, 1.165) is 24.5 Å². The van der Waals surface area contributed by atoms with E-state index in [1.54, 1.807) is 14.0 Å². The Morgan fingerprint density at radius 1 is 1.37 bits per heavy atom. The zero-order valence-electron chi connectivity index (χ0n) is 17.8. The van der Waals surface area contributed by atoms with E-state index >= 15 is 0 Å². The van der Waals surface area contributed by atoms with Gasteiger partial charge < -0.3 is 9.47 Å². The van der Waals surface area contributed by atoms with E-state index in [1.807, 2.05) is 6.20 Å². The molecule has 4 nitrogen and oxygen atoms in total. The van der Waals surface area contributed by atoms with Gasteiger partial charge in [-0.3, -0.25) is 9.78 Å². The van der Waals surface area contributed by atoms with Crippen molar-refractivity contribution in [2.45, 2.75) is 84.7 Å². The van der Waals surface area contributed by atoms with Crippen molar-refractivity contribution in [3.05, 3.63) is 29.1 Å². The molecule has 2 atom stereocenters. The SMILES string of the molecule is CCC(C)C(Cc1cc(CCCCC2CC2)c(C)cn1)(OCOC)C(C)=O. The van der Waals surface area contributed by atoms with Gasteiger partial charge in [0.25, 0.3) is 0 Å². The summed E-state index contributed by atoms with van der Waals surface area (Å²) in [6.07, 6.45) is 11.2. The normalized spacial score (nSPS) is 17.5. The first-order chi connectivity index (χ1) is 12.9. The van der Waals surface area contributed by atoms with E-state index in [0.29, 0.717) is 6.42 Å². The quantitative estimate of drug-likeness (QED) is 0.357. The Bertz CT molecular complexity index is 612. The number of carbonyl (C=O) groups is 1. The maximum absolute atomic E-state index is 12.6. The molecule has 27 heavy (non-hydrogen) atoms. The number of rotatable bonds is 13. The number of aromatic nitrogens is 1. The fourth-order valence-electron chi connectivity index (χ4n) is 3.84. The summed E-state index contributed by atoms with van der Waals surface area (Å²) in [5, 5.41) is 0. The molecule has 0 N–H and O–H groups in total. The van der Waals surface area contributed by atoms with Crippen LogP contribution in [0.1, 0.15) is 76.1 Å². The van der Waals surface area contributed by atoms with Gasteiger partial charge in [-0.15, -0.1) is 0 Å². The summed E-state index contributed by atoms with van der Waals surface area (Å²) in [5.41, 5.74) is 2.64. The highest BCUT2D eigenvalue weighted by Crippen LogP contribution is 2.34. The first kappa shape index (κ1) is 22.0. The monoisotopic (exact) mass is 375 g/mol. The molecule has 4 heteroatoms. The van der Waals surface area contributed by atoms with Crippen molar-refractivity contribution in [2.24, 2.45) is 11.8 Å². The topological polar surface area (TPSA) is 48.4 Å². The fourth-order valence-corrected chi connectivity index (χ4v) is 3.84. The molecular weight excluding hydrogens is 338 g/mol. The molecule has 1 aliphatic carbocycles. The lowest BCUT2D eigenvalue weighted by atomic mass is 9.79. The maximum atomic E-state index is 12.6. The molecule has 1 saturated carbocycles. The highest BCUT2D eigenvalue weighted by molar-refractivity contribution is 5.85. The van der Waals surface area contributed by atoms with Crippen LogP contribution in [0.25, 0.3) is 0 Å². The number of methoxy groups -OCH3 is 1. The molecule has 152 valence electrons. The Morgan fingerprint density at radius 2 is 2.11 bits per heavy atom. The second-order valence-electron chi connectivity index (χ2n) is 8.27. The second-order valence-corrected chi connectivity index (χ2v) is 8.27. The number of Topliss-reactive ketones (excluding diaryl/α,β-unsaturated/α-hetero) is 1. The minimum Gasteiger partial charge on any atom is -0.359 e. The van der Waals surface area contributed by atoms with Gasteiger partial charge in [0.05, 0.1) is 0 Å². The van der Waals surface area contributed by atoms with Crippen LogP contribution in [-0.2, 0) is 27.1 Å². The van der Waals surface area contributed by atoms with Crippen LogP contribution in [0.15, 0.2) is 12.3 Å². The molecule has 0 radical (unpaired) electrons. The van der Waals surface area contributed by atoms with E-state index in [4.69, 9.17) is 9.47 Å². The summed E-state index contributed by atoms with van der Waals surface area (Å²) in [5.74, 6) is 1.14. The molecule has 2 unspecified atom stereocenters. The number of aryl methyl sites for hydroxylation is 2. The van der Waals surface area contributed by atoms with Gasteiger partial charge in [-0.25, -0.2) is 0 Å². The summed E-state index contributed by atoms with van der Waals surface area (Å²) in [4.78, 5) is 17.2. The van der Waals surface area contributed by atoms with Crippen molar-refractivity contribution >= 4 is 5.78 Å². The number of unbranched alkanes of at least 4 members (excludes halogenated alkanes) is 1. The zero-order valence-corrected chi connectivity index (χ0v) is 17.8. The minimum absolute atomic E-state index is 0.0438. The van der Waals surface area contributed by atoms with E-state index < -0.39 is 5.60 Å². The summed E-state index contributed by atoms with van der Waals surface area (Å²) < 4.78 is 11.1. The Kier molecular flexibility index (Phi) is 8.43. The van der Waals surface area contributed by atoms with Crippen molar-refractivity contribution in [3.8, 4) is 0 Å². The van der Waals surface area contributed by atoms with Crippen LogP contribution in [0.3, 0.4) is 0 Å².